The summed E-state index contributed by atoms with van der Waals surface area (Å²) < 4.78 is 42.5. The Hall–Kier alpha value is -2.29. The molecule has 0 bridgehead atoms. The van der Waals surface area contributed by atoms with Crippen LogP contribution in [0.15, 0.2) is 30.7 Å². The molecule has 0 aliphatic heterocycles. The van der Waals surface area contributed by atoms with Crippen molar-refractivity contribution in [3.8, 4) is 5.88 Å². The molecule has 2 aromatic heterocycles. The Labute approximate surface area is 140 Å². The monoisotopic (exact) mass is 362 g/mol. The lowest BCUT2D eigenvalue weighted by Crippen LogP contribution is -2.35. The third-order valence-electron chi connectivity index (χ3n) is 2.84. The van der Waals surface area contributed by atoms with Gasteiger partial charge in [-0.05, 0) is 19.1 Å². The second kappa shape index (κ2) is 7.52. The van der Waals surface area contributed by atoms with Crippen molar-refractivity contribution in [1.29, 1.82) is 0 Å². The molecule has 1 amide bonds. The fourth-order valence-electron chi connectivity index (χ4n) is 1.85. The van der Waals surface area contributed by atoms with Crippen molar-refractivity contribution >= 4 is 17.5 Å². The number of pyridine rings is 1. The van der Waals surface area contributed by atoms with Crippen LogP contribution in [0.3, 0.4) is 0 Å². The van der Waals surface area contributed by atoms with Crippen LogP contribution in [0.1, 0.15) is 17.3 Å². The van der Waals surface area contributed by atoms with Gasteiger partial charge in [0.2, 0.25) is 5.88 Å². The molecular weight excluding hydrogens is 349 g/mol. The lowest BCUT2D eigenvalue weighted by atomic mass is 10.2. The van der Waals surface area contributed by atoms with Crippen LogP contribution in [0, 0.1) is 0 Å². The number of alkyl halides is 3. The highest BCUT2D eigenvalue weighted by Crippen LogP contribution is 2.25. The molecule has 0 aliphatic carbocycles. The molecule has 1 atom stereocenters. The Bertz CT molecular complexity index is 692. The summed E-state index contributed by atoms with van der Waals surface area (Å²) in [6.07, 6.45) is -0.0116. The summed E-state index contributed by atoms with van der Waals surface area (Å²) in [5.74, 6) is -0.832. The Balaban J connectivity index is 1.96. The first-order valence-electron chi connectivity index (χ1n) is 6.88. The van der Waals surface area contributed by atoms with Crippen molar-refractivity contribution in [3.63, 3.8) is 0 Å². The Morgan fingerprint density at radius 3 is 2.83 bits per heavy atom. The molecule has 0 spiro atoms. The minimum Gasteiger partial charge on any atom is -0.467 e. The SMILES string of the molecule is C[C@@H](Cn1cccn1)NC(=O)c1cnc(OCC(F)(F)F)c(Cl)c1. The Morgan fingerprint density at radius 2 is 2.25 bits per heavy atom. The van der Waals surface area contributed by atoms with Gasteiger partial charge in [0.25, 0.3) is 5.91 Å². The van der Waals surface area contributed by atoms with Crippen molar-refractivity contribution in [2.75, 3.05) is 6.61 Å². The first-order valence-corrected chi connectivity index (χ1v) is 7.26. The summed E-state index contributed by atoms with van der Waals surface area (Å²) in [6, 6.07) is 2.74. The highest BCUT2D eigenvalue weighted by molar-refractivity contribution is 6.32. The molecule has 0 radical (unpaired) electrons. The van der Waals surface area contributed by atoms with Crippen molar-refractivity contribution < 1.29 is 22.7 Å². The summed E-state index contributed by atoms with van der Waals surface area (Å²) in [5, 5.41) is 6.57. The normalized spacial score (nSPS) is 12.7. The summed E-state index contributed by atoms with van der Waals surface area (Å²) in [7, 11) is 0. The molecule has 2 rings (SSSR count). The average molecular weight is 363 g/mol. The van der Waals surface area contributed by atoms with E-state index in [1.165, 1.54) is 6.07 Å². The number of nitrogens with zero attached hydrogens (tertiary/aromatic N) is 3. The minimum absolute atomic E-state index is 0.117. The highest BCUT2D eigenvalue weighted by Gasteiger charge is 2.29. The minimum atomic E-state index is -4.50. The molecule has 0 fully saturated rings. The van der Waals surface area contributed by atoms with Gasteiger partial charge in [-0.15, -0.1) is 0 Å². The smallest absolute Gasteiger partial charge is 0.422 e. The van der Waals surface area contributed by atoms with Crippen LogP contribution >= 0.6 is 11.6 Å². The molecule has 2 heterocycles. The summed E-state index contributed by atoms with van der Waals surface area (Å²) in [5.41, 5.74) is 0.117. The number of hydrogen-bond acceptors (Lipinski definition) is 4. The van der Waals surface area contributed by atoms with Gasteiger partial charge in [-0.1, -0.05) is 11.6 Å². The van der Waals surface area contributed by atoms with E-state index in [4.69, 9.17) is 11.6 Å². The lowest BCUT2D eigenvalue weighted by molar-refractivity contribution is -0.154. The molecule has 6 nitrogen and oxygen atoms in total. The molecule has 10 heteroatoms. The van der Waals surface area contributed by atoms with Gasteiger partial charge in [-0.3, -0.25) is 9.48 Å². The second-order valence-electron chi connectivity index (χ2n) is 5.02. The first kappa shape index (κ1) is 18.1. The molecule has 0 saturated carbocycles. The highest BCUT2D eigenvalue weighted by atomic mass is 35.5. The zero-order chi connectivity index (χ0) is 17.7. The number of amides is 1. The van der Waals surface area contributed by atoms with E-state index in [-0.39, 0.29) is 22.5 Å². The summed E-state index contributed by atoms with van der Waals surface area (Å²) >= 11 is 5.81. The fourth-order valence-corrected chi connectivity index (χ4v) is 2.07. The van der Waals surface area contributed by atoms with Gasteiger partial charge in [0.05, 0.1) is 12.1 Å². The number of aromatic nitrogens is 3. The van der Waals surface area contributed by atoms with Gasteiger partial charge in [-0.25, -0.2) is 4.98 Å². The number of ether oxygens (including phenoxy) is 1. The largest absolute Gasteiger partial charge is 0.467 e. The zero-order valence-corrected chi connectivity index (χ0v) is 13.3. The molecular formula is C14H14ClF3N4O2. The number of rotatable bonds is 6. The van der Waals surface area contributed by atoms with Gasteiger partial charge in [-0.2, -0.15) is 18.3 Å². The molecule has 1 N–H and O–H groups in total. The van der Waals surface area contributed by atoms with E-state index in [1.807, 2.05) is 0 Å². The predicted molar refractivity (Wildman–Crippen MR) is 80.0 cm³/mol. The van der Waals surface area contributed by atoms with Crippen LogP contribution in [0.25, 0.3) is 0 Å². The maximum absolute atomic E-state index is 12.1. The van der Waals surface area contributed by atoms with Crippen LogP contribution < -0.4 is 10.1 Å². The molecule has 0 unspecified atom stereocenters. The molecule has 2 aromatic rings. The van der Waals surface area contributed by atoms with Crippen molar-refractivity contribution in [1.82, 2.24) is 20.1 Å². The topological polar surface area (TPSA) is 69.0 Å². The molecule has 0 aromatic carbocycles. The van der Waals surface area contributed by atoms with Crippen LogP contribution in [-0.2, 0) is 6.54 Å². The Kier molecular flexibility index (Phi) is 5.66. The predicted octanol–water partition coefficient (Wildman–Crippen LogP) is 2.69. The van der Waals surface area contributed by atoms with Gasteiger partial charge in [0.15, 0.2) is 6.61 Å². The van der Waals surface area contributed by atoms with Gasteiger partial charge < -0.3 is 10.1 Å². The van der Waals surface area contributed by atoms with E-state index >= 15 is 0 Å². The molecule has 0 aliphatic rings. The standard InChI is InChI=1S/C14H14ClF3N4O2/c1-9(7-22-4-2-3-20-22)21-12(23)10-5-11(15)13(19-6-10)24-8-14(16,17)18/h2-6,9H,7-8H2,1H3,(H,21,23)/t9-/m0/s1. The van der Waals surface area contributed by atoms with Crippen molar-refractivity contribution in [2.45, 2.75) is 25.7 Å². The van der Waals surface area contributed by atoms with Crippen LogP contribution in [0.5, 0.6) is 5.88 Å². The van der Waals surface area contributed by atoms with Crippen molar-refractivity contribution in [3.05, 3.63) is 41.3 Å². The quantitative estimate of drug-likeness (QED) is 0.857. The average Bonchev–Trinajstić information content (AvgIpc) is 2.97. The van der Waals surface area contributed by atoms with E-state index in [0.29, 0.717) is 6.54 Å². The third-order valence-corrected chi connectivity index (χ3v) is 3.11. The number of carbonyl (C=O) groups is 1. The van der Waals surface area contributed by atoms with E-state index in [1.54, 1.807) is 30.1 Å². The van der Waals surface area contributed by atoms with Gasteiger partial charge in [0.1, 0.15) is 5.02 Å². The lowest BCUT2D eigenvalue weighted by Gasteiger charge is -2.14. The van der Waals surface area contributed by atoms with E-state index in [9.17, 15) is 18.0 Å². The van der Waals surface area contributed by atoms with Crippen LogP contribution in [0.4, 0.5) is 13.2 Å². The van der Waals surface area contributed by atoms with Gasteiger partial charge >= 0.3 is 6.18 Å². The van der Waals surface area contributed by atoms with Crippen LogP contribution in [-0.4, -0.2) is 39.5 Å². The maximum Gasteiger partial charge on any atom is 0.422 e. The molecule has 24 heavy (non-hydrogen) atoms. The number of nitrogens with one attached hydrogen (secondary N) is 1. The van der Waals surface area contributed by atoms with E-state index in [0.717, 1.165) is 6.20 Å². The number of carbonyl (C=O) groups excluding carboxylic acids is 1. The fraction of sp³-hybridized carbons (Fsp3) is 0.357. The zero-order valence-electron chi connectivity index (χ0n) is 12.5. The number of halogens is 4. The number of hydrogen-bond donors (Lipinski definition) is 1. The molecule has 130 valence electrons. The maximum atomic E-state index is 12.1. The molecule has 0 saturated heterocycles. The second-order valence-corrected chi connectivity index (χ2v) is 5.42. The van der Waals surface area contributed by atoms with Crippen LogP contribution in [0.2, 0.25) is 5.02 Å². The van der Waals surface area contributed by atoms with E-state index in [2.05, 4.69) is 20.1 Å². The van der Waals surface area contributed by atoms with Gasteiger partial charge in [0, 0.05) is 24.6 Å². The Morgan fingerprint density at radius 1 is 1.50 bits per heavy atom. The van der Waals surface area contributed by atoms with Crippen molar-refractivity contribution in [2.24, 2.45) is 0 Å². The third kappa shape index (κ3) is 5.41. The van der Waals surface area contributed by atoms with E-state index < -0.39 is 18.7 Å². The summed E-state index contributed by atoms with van der Waals surface area (Å²) in [4.78, 5) is 15.8. The summed E-state index contributed by atoms with van der Waals surface area (Å²) in [6.45, 7) is 0.744. The first-order chi connectivity index (χ1) is 11.2.